The van der Waals surface area contributed by atoms with Crippen LogP contribution in [0.1, 0.15) is 30.5 Å². The van der Waals surface area contributed by atoms with Crippen LogP contribution in [0.3, 0.4) is 0 Å². The number of amides is 1. The number of halogens is 2. The molecule has 0 aromatic heterocycles. The zero-order valence-electron chi connectivity index (χ0n) is 13.1. The van der Waals surface area contributed by atoms with Crippen LogP contribution in [0.2, 0.25) is 10.0 Å². The quantitative estimate of drug-likeness (QED) is 0.844. The molecule has 0 aliphatic rings. The van der Waals surface area contributed by atoms with Gasteiger partial charge in [-0.15, -0.1) is 0 Å². The second-order valence-electron chi connectivity index (χ2n) is 5.46. The lowest BCUT2D eigenvalue weighted by Gasteiger charge is -2.17. The molecule has 2 aromatic carbocycles. The van der Waals surface area contributed by atoms with Gasteiger partial charge in [-0.2, -0.15) is 0 Å². The number of hydrogen-bond donors (Lipinski definition) is 2. The monoisotopic (exact) mass is 365 g/mol. The number of rotatable bonds is 5. The molecule has 0 saturated heterocycles. The highest BCUT2D eigenvalue weighted by Crippen LogP contribution is 2.25. The molecule has 24 heavy (non-hydrogen) atoms. The van der Waals surface area contributed by atoms with Gasteiger partial charge in [0.15, 0.2) is 5.75 Å². The minimum atomic E-state index is -0.486. The maximum atomic E-state index is 11.8. The van der Waals surface area contributed by atoms with E-state index in [1.54, 1.807) is 24.3 Å². The molecule has 0 unspecified atom stereocenters. The predicted molar refractivity (Wildman–Crippen MR) is 95.7 cm³/mol. The normalized spacial score (nSPS) is 11.8. The molecule has 0 radical (unpaired) electrons. The fourth-order valence-corrected chi connectivity index (χ4v) is 2.72. The van der Waals surface area contributed by atoms with Crippen LogP contribution in [0.15, 0.2) is 47.3 Å². The number of carbonyl (C=O) groups excluding carboxylic acids is 1. The Morgan fingerprint density at radius 3 is 2.58 bits per heavy atom. The molecule has 0 saturated carbocycles. The Hall–Kier alpha value is -2.04. The van der Waals surface area contributed by atoms with Crippen molar-refractivity contribution in [3.8, 4) is 5.75 Å². The van der Waals surface area contributed by atoms with E-state index in [-0.39, 0.29) is 17.7 Å². The lowest BCUT2D eigenvalue weighted by molar-refractivity contribution is -0.119. The van der Waals surface area contributed by atoms with Gasteiger partial charge in [-0.05, 0) is 48.2 Å². The fourth-order valence-electron chi connectivity index (χ4n) is 2.40. The van der Waals surface area contributed by atoms with Crippen LogP contribution in [0.4, 0.5) is 0 Å². The van der Waals surface area contributed by atoms with Crippen LogP contribution in [0.25, 0.3) is 0 Å². The van der Waals surface area contributed by atoms with E-state index in [4.69, 9.17) is 23.2 Å². The molecule has 0 bridgehead atoms. The fraction of sp³-hybridized carbons (Fsp3) is 0.222. The number of nitrogens with one attached hydrogen (secondary N) is 1. The van der Waals surface area contributed by atoms with E-state index < -0.39 is 5.43 Å². The number of aryl methyl sites for hydroxylation is 1. The Balaban J connectivity index is 2.24. The summed E-state index contributed by atoms with van der Waals surface area (Å²) in [7, 11) is 0. The lowest BCUT2D eigenvalue weighted by Crippen LogP contribution is -2.26. The van der Waals surface area contributed by atoms with Gasteiger partial charge < -0.3 is 10.4 Å². The van der Waals surface area contributed by atoms with Crippen molar-refractivity contribution in [1.82, 2.24) is 5.32 Å². The second-order valence-corrected chi connectivity index (χ2v) is 6.27. The molecular weight excluding hydrogens is 349 g/mol. The summed E-state index contributed by atoms with van der Waals surface area (Å²) in [6.45, 7) is 1.42. The number of benzene rings is 1. The van der Waals surface area contributed by atoms with E-state index >= 15 is 0 Å². The molecule has 1 amide bonds. The topological polar surface area (TPSA) is 66.4 Å². The Labute approximate surface area is 150 Å². The van der Waals surface area contributed by atoms with Crippen molar-refractivity contribution in [1.29, 1.82) is 0 Å². The van der Waals surface area contributed by atoms with Gasteiger partial charge in [-0.3, -0.25) is 9.59 Å². The molecule has 4 nitrogen and oxygen atoms in total. The van der Waals surface area contributed by atoms with Crippen molar-refractivity contribution in [3.05, 3.63) is 73.9 Å². The summed E-state index contributed by atoms with van der Waals surface area (Å²) in [5.41, 5.74) is 1.13. The first kappa shape index (κ1) is 18.3. The SMILES string of the molecule is CC(=O)N[C@H](CCc1ccc(Cl)c(Cl)c1)c1cccc(O)c(=O)c1. The Bertz CT molecular complexity index is 808. The molecule has 0 fully saturated rings. The first-order chi connectivity index (χ1) is 11.4. The Kier molecular flexibility index (Phi) is 6.23. The van der Waals surface area contributed by atoms with Crippen LogP contribution >= 0.6 is 23.2 Å². The second kappa shape index (κ2) is 8.18. The number of hydrogen-bond acceptors (Lipinski definition) is 3. The van der Waals surface area contributed by atoms with Gasteiger partial charge in [0, 0.05) is 6.92 Å². The van der Waals surface area contributed by atoms with Crippen LogP contribution in [0, 0.1) is 0 Å². The van der Waals surface area contributed by atoms with Crippen molar-refractivity contribution in [3.63, 3.8) is 0 Å². The molecule has 6 heteroatoms. The van der Waals surface area contributed by atoms with Crippen LogP contribution in [-0.4, -0.2) is 11.0 Å². The van der Waals surface area contributed by atoms with Crippen molar-refractivity contribution in [2.75, 3.05) is 0 Å². The van der Waals surface area contributed by atoms with Crippen molar-refractivity contribution >= 4 is 29.1 Å². The van der Waals surface area contributed by atoms with Gasteiger partial charge in [-0.1, -0.05) is 41.4 Å². The summed E-state index contributed by atoms with van der Waals surface area (Å²) in [5.74, 6) is -0.523. The molecule has 2 rings (SSSR count). The molecule has 1 atom stereocenters. The molecule has 126 valence electrons. The standard InChI is InChI=1S/C18H17Cl2NO3/c1-11(22)21-16(13-3-2-4-17(23)18(24)10-13)8-6-12-5-7-14(19)15(20)9-12/h2-5,7,9-10,16H,6,8H2,1H3,(H,21,22)(H,23,24)/t16-/m1/s1. The number of carbonyl (C=O) groups is 1. The highest BCUT2D eigenvalue weighted by molar-refractivity contribution is 6.42. The van der Waals surface area contributed by atoms with E-state index in [9.17, 15) is 14.7 Å². The van der Waals surface area contributed by atoms with Crippen molar-refractivity contribution in [2.24, 2.45) is 0 Å². The first-order valence-electron chi connectivity index (χ1n) is 7.41. The average molecular weight is 366 g/mol. The maximum absolute atomic E-state index is 11.8. The first-order valence-corrected chi connectivity index (χ1v) is 8.16. The predicted octanol–water partition coefficient (Wildman–Crippen LogP) is 3.87. The largest absolute Gasteiger partial charge is 0.504 e. The van der Waals surface area contributed by atoms with Gasteiger partial charge in [0.25, 0.3) is 0 Å². The zero-order chi connectivity index (χ0) is 17.7. The molecule has 2 N–H and O–H groups in total. The van der Waals surface area contributed by atoms with E-state index in [0.29, 0.717) is 28.5 Å². The molecule has 0 spiro atoms. The van der Waals surface area contributed by atoms with E-state index in [1.807, 2.05) is 6.07 Å². The summed E-state index contributed by atoms with van der Waals surface area (Å²) >= 11 is 11.9. The van der Waals surface area contributed by atoms with Crippen LogP contribution in [0.5, 0.6) is 5.75 Å². The lowest BCUT2D eigenvalue weighted by atomic mass is 10.00. The van der Waals surface area contributed by atoms with Crippen molar-refractivity contribution in [2.45, 2.75) is 25.8 Å². The summed E-state index contributed by atoms with van der Waals surface area (Å²) in [6, 6.07) is 11.0. The molecule has 2 aromatic rings. The zero-order valence-corrected chi connectivity index (χ0v) is 14.6. The molecule has 0 aliphatic heterocycles. The van der Waals surface area contributed by atoms with Crippen LogP contribution < -0.4 is 10.7 Å². The molecular formula is C18H17Cl2NO3. The van der Waals surface area contributed by atoms with E-state index in [0.717, 1.165) is 5.56 Å². The Morgan fingerprint density at radius 2 is 1.92 bits per heavy atom. The van der Waals surface area contributed by atoms with E-state index in [1.165, 1.54) is 19.1 Å². The van der Waals surface area contributed by atoms with Gasteiger partial charge in [-0.25, -0.2) is 0 Å². The third-order valence-electron chi connectivity index (χ3n) is 3.58. The third-order valence-corrected chi connectivity index (χ3v) is 4.32. The van der Waals surface area contributed by atoms with Crippen LogP contribution in [-0.2, 0) is 11.2 Å². The smallest absolute Gasteiger partial charge is 0.220 e. The minimum Gasteiger partial charge on any atom is -0.504 e. The van der Waals surface area contributed by atoms with Gasteiger partial charge in [0.2, 0.25) is 11.3 Å². The summed E-state index contributed by atoms with van der Waals surface area (Å²) in [4.78, 5) is 23.3. The van der Waals surface area contributed by atoms with Gasteiger partial charge in [0.05, 0.1) is 16.1 Å². The summed E-state index contributed by atoms with van der Waals surface area (Å²) < 4.78 is 0. The molecule has 0 heterocycles. The average Bonchev–Trinajstić information content (AvgIpc) is 2.68. The van der Waals surface area contributed by atoms with Crippen molar-refractivity contribution < 1.29 is 9.90 Å². The summed E-state index contributed by atoms with van der Waals surface area (Å²) in [6.07, 6.45) is 1.21. The molecule has 0 aliphatic carbocycles. The highest BCUT2D eigenvalue weighted by Gasteiger charge is 2.14. The third kappa shape index (κ3) is 4.98. The maximum Gasteiger partial charge on any atom is 0.220 e. The number of aromatic hydroxyl groups is 1. The highest BCUT2D eigenvalue weighted by atomic mass is 35.5. The van der Waals surface area contributed by atoms with E-state index in [2.05, 4.69) is 5.32 Å². The van der Waals surface area contributed by atoms with Gasteiger partial charge in [0.1, 0.15) is 0 Å². The summed E-state index contributed by atoms with van der Waals surface area (Å²) in [5, 5.41) is 13.3. The minimum absolute atomic E-state index is 0.197. The Morgan fingerprint density at radius 1 is 1.17 bits per heavy atom. The van der Waals surface area contributed by atoms with Gasteiger partial charge >= 0.3 is 0 Å².